The smallest absolute Gasteiger partial charge is 0.276 e. The van der Waals surface area contributed by atoms with Gasteiger partial charge in [-0.2, -0.15) is 0 Å². The molecule has 1 aromatic heterocycles. The van der Waals surface area contributed by atoms with Gasteiger partial charge in [0.2, 0.25) is 0 Å². The Hall–Kier alpha value is -3.68. The summed E-state index contributed by atoms with van der Waals surface area (Å²) in [4.78, 5) is 27.1. The van der Waals surface area contributed by atoms with Gasteiger partial charge in [0.05, 0.1) is 19.0 Å². The summed E-state index contributed by atoms with van der Waals surface area (Å²) in [6.45, 7) is 3.13. The number of carbonyl (C=O) groups is 2. The number of piperidine rings is 1. The molecule has 1 aliphatic heterocycles. The first-order valence-corrected chi connectivity index (χ1v) is 10.3. The first kappa shape index (κ1) is 20.6. The molecule has 0 saturated carbocycles. The van der Waals surface area contributed by atoms with Crippen LogP contribution in [-0.2, 0) is 0 Å². The summed E-state index contributed by atoms with van der Waals surface area (Å²) < 4.78 is 6.78. The number of carbonyl (C=O) groups excluding carboxylic acids is 2. The standard InChI is InChI=1S/C23H25N5O3/c1-16-6-8-19(9-7-16)28-15-21(25-26-28)23(30)27-12-10-18(11-13-27)24-22(29)17-4-3-5-20(14-17)31-2/h3-9,14-15,18H,10-13H2,1-2H3,(H,24,29). The average molecular weight is 419 g/mol. The molecule has 1 fully saturated rings. The van der Waals surface area contributed by atoms with Crippen molar-refractivity contribution in [1.29, 1.82) is 0 Å². The van der Waals surface area contributed by atoms with Crippen LogP contribution in [0.1, 0.15) is 39.3 Å². The molecule has 0 bridgehead atoms. The summed E-state index contributed by atoms with van der Waals surface area (Å²) >= 11 is 0. The molecule has 31 heavy (non-hydrogen) atoms. The van der Waals surface area contributed by atoms with Gasteiger partial charge in [0.1, 0.15) is 5.75 Å². The van der Waals surface area contributed by atoms with Gasteiger partial charge in [-0.1, -0.05) is 29.0 Å². The molecule has 2 amide bonds. The molecule has 4 rings (SSSR count). The molecule has 2 aromatic carbocycles. The molecule has 2 heterocycles. The van der Waals surface area contributed by atoms with Crippen molar-refractivity contribution in [3.8, 4) is 11.4 Å². The highest BCUT2D eigenvalue weighted by Gasteiger charge is 2.26. The Morgan fingerprint density at radius 1 is 1.10 bits per heavy atom. The van der Waals surface area contributed by atoms with E-state index in [9.17, 15) is 9.59 Å². The van der Waals surface area contributed by atoms with Crippen molar-refractivity contribution >= 4 is 11.8 Å². The Morgan fingerprint density at radius 3 is 2.55 bits per heavy atom. The number of rotatable bonds is 5. The second-order valence-electron chi connectivity index (χ2n) is 7.66. The molecule has 0 spiro atoms. The van der Waals surface area contributed by atoms with E-state index in [2.05, 4.69) is 15.6 Å². The van der Waals surface area contributed by atoms with Gasteiger partial charge < -0.3 is 15.0 Å². The first-order valence-electron chi connectivity index (χ1n) is 10.3. The Bertz CT molecular complexity index is 1070. The van der Waals surface area contributed by atoms with Crippen LogP contribution < -0.4 is 10.1 Å². The van der Waals surface area contributed by atoms with Crippen LogP contribution >= 0.6 is 0 Å². The molecular weight excluding hydrogens is 394 g/mol. The molecule has 0 aliphatic carbocycles. The lowest BCUT2D eigenvalue weighted by Crippen LogP contribution is -2.46. The second kappa shape index (κ2) is 8.99. The number of methoxy groups -OCH3 is 1. The monoisotopic (exact) mass is 419 g/mol. The number of benzene rings is 2. The number of aryl methyl sites for hydroxylation is 1. The third-order valence-electron chi connectivity index (χ3n) is 5.46. The maximum atomic E-state index is 12.8. The highest BCUT2D eigenvalue weighted by atomic mass is 16.5. The van der Waals surface area contributed by atoms with Crippen LogP contribution in [0.2, 0.25) is 0 Å². The maximum absolute atomic E-state index is 12.8. The summed E-state index contributed by atoms with van der Waals surface area (Å²) in [6, 6.07) is 14.9. The van der Waals surface area contributed by atoms with Crippen LogP contribution in [0, 0.1) is 6.92 Å². The van der Waals surface area contributed by atoms with Crippen molar-refractivity contribution in [1.82, 2.24) is 25.2 Å². The first-order chi connectivity index (χ1) is 15.0. The molecule has 0 radical (unpaired) electrons. The number of ether oxygens (including phenoxy) is 1. The average Bonchev–Trinajstić information content (AvgIpc) is 3.30. The van der Waals surface area contributed by atoms with E-state index in [1.807, 2.05) is 31.2 Å². The molecule has 1 saturated heterocycles. The van der Waals surface area contributed by atoms with Gasteiger partial charge in [-0.15, -0.1) is 5.10 Å². The van der Waals surface area contributed by atoms with Gasteiger partial charge in [-0.3, -0.25) is 9.59 Å². The molecular formula is C23H25N5O3. The van der Waals surface area contributed by atoms with E-state index in [0.717, 1.165) is 11.3 Å². The third-order valence-corrected chi connectivity index (χ3v) is 5.46. The van der Waals surface area contributed by atoms with Gasteiger partial charge in [0.15, 0.2) is 5.69 Å². The van der Waals surface area contributed by atoms with E-state index in [1.54, 1.807) is 47.2 Å². The second-order valence-corrected chi connectivity index (χ2v) is 7.66. The quantitative estimate of drug-likeness (QED) is 0.687. The number of likely N-dealkylation sites (tertiary alicyclic amines) is 1. The van der Waals surface area contributed by atoms with Crippen LogP contribution in [0.4, 0.5) is 0 Å². The maximum Gasteiger partial charge on any atom is 0.276 e. The molecule has 160 valence electrons. The summed E-state index contributed by atoms with van der Waals surface area (Å²) in [6.07, 6.45) is 3.03. The van der Waals surface area contributed by atoms with E-state index in [0.29, 0.717) is 42.9 Å². The summed E-state index contributed by atoms with van der Waals surface area (Å²) in [5, 5.41) is 11.2. The zero-order valence-electron chi connectivity index (χ0n) is 17.6. The number of hydrogen-bond acceptors (Lipinski definition) is 5. The Kier molecular flexibility index (Phi) is 5.97. The van der Waals surface area contributed by atoms with E-state index in [-0.39, 0.29) is 17.9 Å². The third kappa shape index (κ3) is 4.74. The van der Waals surface area contributed by atoms with Crippen molar-refractivity contribution in [2.75, 3.05) is 20.2 Å². The molecule has 1 N–H and O–H groups in total. The number of nitrogens with one attached hydrogen (secondary N) is 1. The molecule has 1 aliphatic rings. The SMILES string of the molecule is COc1cccc(C(=O)NC2CCN(C(=O)c3cn(-c4ccc(C)cc4)nn3)CC2)c1. The Labute approximate surface area is 180 Å². The fourth-order valence-electron chi connectivity index (χ4n) is 3.61. The minimum Gasteiger partial charge on any atom is -0.497 e. The van der Waals surface area contributed by atoms with Crippen LogP contribution in [0.5, 0.6) is 5.75 Å². The highest BCUT2D eigenvalue weighted by molar-refractivity contribution is 5.95. The number of hydrogen-bond donors (Lipinski definition) is 1. The van der Waals surface area contributed by atoms with Crippen LogP contribution in [0.25, 0.3) is 5.69 Å². The molecule has 8 heteroatoms. The minimum absolute atomic E-state index is 0.0194. The number of amides is 2. The van der Waals surface area contributed by atoms with Crippen molar-refractivity contribution in [2.45, 2.75) is 25.8 Å². The van der Waals surface area contributed by atoms with Crippen LogP contribution in [0.15, 0.2) is 54.7 Å². The zero-order chi connectivity index (χ0) is 21.8. The zero-order valence-corrected chi connectivity index (χ0v) is 17.6. The van der Waals surface area contributed by atoms with Gasteiger partial charge in [-0.25, -0.2) is 4.68 Å². The van der Waals surface area contributed by atoms with E-state index in [1.165, 1.54) is 0 Å². The molecule has 8 nitrogen and oxygen atoms in total. The van der Waals surface area contributed by atoms with Crippen molar-refractivity contribution in [3.05, 3.63) is 71.5 Å². The Morgan fingerprint density at radius 2 is 1.84 bits per heavy atom. The molecule has 0 unspecified atom stereocenters. The molecule has 0 atom stereocenters. The number of nitrogens with zero attached hydrogens (tertiary/aromatic N) is 4. The van der Waals surface area contributed by atoms with Gasteiger partial charge >= 0.3 is 0 Å². The predicted molar refractivity (Wildman–Crippen MR) is 115 cm³/mol. The van der Waals surface area contributed by atoms with Gasteiger partial charge in [-0.05, 0) is 50.1 Å². The lowest BCUT2D eigenvalue weighted by Gasteiger charge is -2.31. The Balaban J connectivity index is 1.33. The topological polar surface area (TPSA) is 89.4 Å². The summed E-state index contributed by atoms with van der Waals surface area (Å²) in [7, 11) is 1.57. The van der Waals surface area contributed by atoms with E-state index >= 15 is 0 Å². The fraction of sp³-hybridized carbons (Fsp3) is 0.304. The van der Waals surface area contributed by atoms with Crippen LogP contribution in [0.3, 0.4) is 0 Å². The largest absolute Gasteiger partial charge is 0.497 e. The van der Waals surface area contributed by atoms with Crippen molar-refractivity contribution in [2.24, 2.45) is 0 Å². The predicted octanol–water partition coefficient (Wildman–Crippen LogP) is 2.62. The number of aromatic nitrogens is 3. The fourth-order valence-corrected chi connectivity index (χ4v) is 3.61. The highest BCUT2D eigenvalue weighted by Crippen LogP contribution is 2.16. The van der Waals surface area contributed by atoms with Crippen molar-refractivity contribution < 1.29 is 14.3 Å². The summed E-state index contributed by atoms with van der Waals surface area (Å²) in [5.74, 6) is 0.368. The van der Waals surface area contributed by atoms with Gasteiger partial charge in [0.25, 0.3) is 11.8 Å². The normalized spacial score (nSPS) is 14.3. The van der Waals surface area contributed by atoms with Crippen LogP contribution in [-0.4, -0.2) is 57.9 Å². The van der Waals surface area contributed by atoms with E-state index < -0.39 is 0 Å². The minimum atomic E-state index is -0.143. The molecule has 3 aromatic rings. The van der Waals surface area contributed by atoms with E-state index in [4.69, 9.17) is 4.74 Å². The van der Waals surface area contributed by atoms with Gasteiger partial charge in [0, 0.05) is 24.7 Å². The lowest BCUT2D eigenvalue weighted by molar-refractivity contribution is 0.0692. The summed E-state index contributed by atoms with van der Waals surface area (Å²) in [5.41, 5.74) is 2.89. The lowest BCUT2D eigenvalue weighted by atomic mass is 10.0. The van der Waals surface area contributed by atoms with Crippen molar-refractivity contribution in [3.63, 3.8) is 0 Å².